The van der Waals surface area contributed by atoms with Crippen molar-refractivity contribution >= 4 is 5.91 Å². The van der Waals surface area contributed by atoms with Crippen LogP contribution in [0.15, 0.2) is 30.0 Å². The number of carbonyl (C=O) groups excluding carboxylic acids is 1. The third-order valence-corrected chi connectivity index (χ3v) is 7.16. The van der Waals surface area contributed by atoms with E-state index in [1.165, 1.54) is 80.9 Å². The van der Waals surface area contributed by atoms with Gasteiger partial charge in [0, 0.05) is 18.3 Å². The molecule has 4 nitrogen and oxygen atoms in total. The lowest BCUT2D eigenvalue weighted by molar-refractivity contribution is -0.117. The second-order valence-corrected chi connectivity index (χ2v) is 9.72. The zero-order valence-corrected chi connectivity index (χ0v) is 19.9. The fourth-order valence-corrected chi connectivity index (χ4v) is 5.05. The first-order valence-electron chi connectivity index (χ1n) is 13.0. The van der Waals surface area contributed by atoms with E-state index in [1.54, 1.807) is 6.20 Å². The van der Waals surface area contributed by atoms with E-state index in [0.717, 1.165) is 32.1 Å². The summed E-state index contributed by atoms with van der Waals surface area (Å²) < 4.78 is 0. The number of fused-ring (bicyclic) bond motifs is 1. The van der Waals surface area contributed by atoms with Crippen molar-refractivity contribution in [2.75, 3.05) is 0 Å². The van der Waals surface area contributed by atoms with Gasteiger partial charge in [-0.1, -0.05) is 76.0 Å². The maximum Gasteiger partial charge on any atom is 0.263 e. The summed E-state index contributed by atoms with van der Waals surface area (Å²) in [5.74, 6) is -0.241. The summed E-state index contributed by atoms with van der Waals surface area (Å²) in [5, 5.41) is 16.0. The number of aryl methyl sites for hydroxylation is 2. The van der Waals surface area contributed by atoms with Gasteiger partial charge in [0.1, 0.15) is 11.6 Å². The van der Waals surface area contributed by atoms with E-state index in [1.807, 2.05) is 0 Å². The molecule has 32 heavy (non-hydrogen) atoms. The molecule has 1 unspecified atom stereocenters. The molecule has 2 N–H and O–H groups in total. The maximum atomic E-state index is 12.8. The van der Waals surface area contributed by atoms with Gasteiger partial charge < -0.3 is 10.6 Å². The highest BCUT2D eigenvalue weighted by Crippen LogP contribution is 2.25. The summed E-state index contributed by atoms with van der Waals surface area (Å²) in [4.78, 5) is 12.8. The minimum atomic E-state index is -0.241. The molecule has 174 valence electrons. The van der Waals surface area contributed by atoms with Crippen LogP contribution in [-0.2, 0) is 17.6 Å². The number of rotatable bonds is 5. The molecule has 1 saturated carbocycles. The summed E-state index contributed by atoms with van der Waals surface area (Å²) >= 11 is 0. The van der Waals surface area contributed by atoms with Gasteiger partial charge in [0.05, 0.1) is 0 Å². The minimum Gasteiger partial charge on any atom is -0.383 e. The molecule has 4 heteroatoms. The number of nitrogens with one attached hydrogen (secondary N) is 2. The molecule has 3 rings (SSSR count). The maximum absolute atomic E-state index is 12.8. The number of benzene rings is 1. The Morgan fingerprint density at radius 2 is 1.53 bits per heavy atom. The highest BCUT2D eigenvalue weighted by Gasteiger charge is 2.17. The molecular weight excluding hydrogens is 394 g/mol. The van der Waals surface area contributed by atoms with Gasteiger partial charge >= 0.3 is 0 Å². The van der Waals surface area contributed by atoms with Crippen molar-refractivity contribution < 1.29 is 4.79 Å². The van der Waals surface area contributed by atoms with Crippen molar-refractivity contribution in [3.05, 3.63) is 46.7 Å². The molecule has 0 saturated heterocycles. The van der Waals surface area contributed by atoms with Gasteiger partial charge in [-0.05, 0) is 62.1 Å². The first-order chi connectivity index (χ1) is 15.7. The zero-order chi connectivity index (χ0) is 22.6. The summed E-state index contributed by atoms with van der Waals surface area (Å²) in [6, 6.07) is 9.04. The predicted molar refractivity (Wildman–Crippen MR) is 131 cm³/mol. The van der Waals surface area contributed by atoms with Crippen molar-refractivity contribution in [3.63, 3.8) is 0 Å². The van der Waals surface area contributed by atoms with Gasteiger partial charge in [-0.2, -0.15) is 5.26 Å². The van der Waals surface area contributed by atoms with Gasteiger partial charge in [0.15, 0.2) is 0 Å². The average Bonchev–Trinajstić information content (AvgIpc) is 2.80. The second-order valence-electron chi connectivity index (χ2n) is 9.72. The van der Waals surface area contributed by atoms with Crippen LogP contribution < -0.4 is 10.6 Å². The molecule has 0 spiro atoms. The Balaban J connectivity index is 1.55. The SMILES string of the molecule is CC(N/C=C(/C#N)C(=O)NC1CCCCCCCCCCC1)c1ccc2c(c1)CCCC2. The fourth-order valence-electron chi connectivity index (χ4n) is 5.05. The zero-order valence-electron chi connectivity index (χ0n) is 19.9. The molecule has 2 aliphatic rings. The van der Waals surface area contributed by atoms with Gasteiger partial charge in [0.25, 0.3) is 5.91 Å². The third kappa shape index (κ3) is 7.69. The molecular formula is C28H41N3O. The molecule has 2 aliphatic carbocycles. The Morgan fingerprint density at radius 3 is 2.16 bits per heavy atom. The standard InChI is InChI=1S/C28H41N3O/c1-22(24-18-17-23-13-11-12-14-25(23)19-24)30-21-26(20-29)28(32)31-27-15-9-7-5-3-2-4-6-8-10-16-27/h17-19,21-22,27,30H,2-16H2,1H3,(H,31,32)/b26-21-. The molecule has 0 aromatic heterocycles. The lowest BCUT2D eigenvalue weighted by atomic mass is 9.89. The highest BCUT2D eigenvalue weighted by molar-refractivity contribution is 5.97. The number of nitrogens with zero attached hydrogens (tertiary/aromatic N) is 1. The van der Waals surface area contributed by atoms with Crippen LogP contribution in [0, 0.1) is 11.3 Å². The lowest BCUT2D eigenvalue weighted by Crippen LogP contribution is -2.36. The van der Waals surface area contributed by atoms with Gasteiger partial charge in [0.2, 0.25) is 0 Å². The third-order valence-electron chi connectivity index (χ3n) is 7.16. The van der Waals surface area contributed by atoms with Crippen LogP contribution in [0.3, 0.4) is 0 Å². The Kier molecular flexibility index (Phi) is 10.1. The van der Waals surface area contributed by atoms with E-state index in [9.17, 15) is 10.1 Å². The molecule has 1 atom stereocenters. The molecule has 0 aliphatic heterocycles. The number of carbonyl (C=O) groups is 1. The van der Waals surface area contributed by atoms with E-state index in [0.29, 0.717) is 0 Å². The molecule has 1 aromatic carbocycles. The quantitative estimate of drug-likeness (QED) is 0.415. The van der Waals surface area contributed by atoms with Crippen LogP contribution in [0.4, 0.5) is 0 Å². The van der Waals surface area contributed by atoms with E-state index < -0.39 is 0 Å². The largest absolute Gasteiger partial charge is 0.383 e. The first kappa shape index (κ1) is 24.4. The molecule has 1 fully saturated rings. The smallest absolute Gasteiger partial charge is 0.263 e. The monoisotopic (exact) mass is 435 g/mol. The van der Waals surface area contributed by atoms with Gasteiger partial charge in [-0.25, -0.2) is 0 Å². The van der Waals surface area contributed by atoms with Crippen molar-refractivity contribution in [1.29, 1.82) is 5.26 Å². The first-order valence-corrected chi connectivity index (χ1v) is 13.0. The summed E-state index contributed by atoms with van der Waals surface area (Å²) in [6.45, 7) is 2.08. The summed E-state index contributed by atoms with van der Waals surface area (Å²) in [6.07, 6.45) is 20.0. The molecule has 0 radical (unpaired) electrons. The van der Waals surface area contributed by atoms with E-state index in [2.05, 4.69) is 41.8 Å². The summed E-state index contributed by atoms with van der Waals surface area (Å²) in [5.41, 5.74) is 4.30. The van der Waals surface area contributed by atoms with E-state index in [4.69, 9.17) is 0 Å². The topological polar surface area (TPSA) is 64.9 Å². The Labute approximate surface area is 194 Å². The van der Waals surface area contributed by atoms with E-state index >= 15 is 0 Å². The Bertz CT molecular complexity index is 795. The molecule has 1 aromatic rings. The minimum absolute atomic E-state index is 0.0553. The van der Waals surface area contributed by atoms with Crippen LogP contribution in [0.5, 0.6) is 0 Å². The number of nitriles is 1. The number of hydrogen-bond donors (Lipinski definition) is 2. The average molecular weight is 436 g/mol. The van der Waals surface area contributed by atoms with Crippen LogP contribution in [0.1, 0.15) is 113 Å². The van der Waals surface area contributed by atoms with E-state index in [-0.39, 0.29) is 23.6 Å². The molecule has 0 bridgehead atoms. The normalized spacial score (nSPS) is 20.1. The van der Waals surface area contributed by atoms with Crippen molar-refractivity contribution in [2.45, 2.75) is 115 Å². The molecule has 0 heterocycles. The van der Waals surface area contributed by atoms with Gasteiger partial charge in [-0.3, -0.25) is 4.79 Å². The van der Waals surface area contributed by atoms with Crippen LogP contribution in [0.25, 0.3) is 0 Å². The van der Waals surface area contributed by atoms with Crippen molar-refractivity contribution in [2.24, 2.45) is 0 Å². The highest BCUT2D eigenvalue weighted by atomic mass is 16.1. The fraction of sp³-hybridized carbons (Fsp3) is 0.643. The predicted octanol–water partition coefficient (Wildman–Crippen LogP) is 6.41. The van der Waals surface area contributed by atoms with Crippen LogP contribution in [0.2, 0.25) is 0 Å². The number of hydrogen-bond acceptors (Lipinski definition) is 3. The van der Waals surface area contributed by atoms with Crippen LogP contribution in [-0.4, -0.2) is 11.9 Å². The van der Waals surface area contributed by atoms with Gasteiger partial charge in [-0.15, -0.1) is 0 Å². The lowest BCUT2D eigenvalue weighted by Gasteiger charge is -2.20. The van der Waals surface area contributed by atoms with Crippen LogP contribution >= 0.6 is 0 Å². The Hall–Kier alpha value is -2.28. The van der Waals surface area contributed by atoms with Crippen molar-refractivity contribution in [3.8, 4) is 6.07 Å². The Morgan fingerprint density at radius 1 is 0.938 bits per heavy atom. The summed E-state index contributed by atoms with van der Waals surface area (Å²) in [7, 11) is 0. The van der Waals surface area contributed by atoms with Crippen molar-refractivity contribution in [1.82, 2.24) is 10.6 Å². The molecule has 1 amide bonds. The second kappa shape index (κ2) is 13.3. The number of amides is 1.